The predicted octanol–water partition coefficient (Wildman–Crippen LogP) is 4.33. The van der Waals surface area contributed by atoms with Gasteiger partial charge < -0.3 is 10.6 Å². The van der Waals surface area contributed by atoms with E-state index in [0.717, 1.165) is 28.7 Å². The number of hydrogen-bond donors (Lipinski definition) is 2. The van der Waals surface area contributed by atoms with Gasteiger partial charge >= 0.3 is 0 Å². The lowest BCUT2D eigenvalue weighted by atomic mass is 9.88. The van der Waals surface area contributed by atoms with Crippen LogP contribution in [0.5, 0.6) is 0 Å². The van der Waals surface area contributed by atoms with Gasteiger partial charge in [0.15, 0.2) is 0 Å². The summed E-state index contributed by atoms with van der Waals surface area (Å²) in [6.45, 7) is 3.50. The van der Waals surface area contributed by atoms with Crippen LogP contribution in [0.25, 0.3) is 10.8 Å². The normalized spacial score (nSPS) is 18.4. The van der Waals surface area contributed by atoms with Crippen molar-refractivity contribution in [3.8, 4) is 0 Å². The summed E-state index contributed by atoms with van der Waals surface area (Å²) in [7, 11) is 0. The van der Waals surface area contributed by atoms with Gasteiger partial charge in [-0.3, -0.25) is 9.78 Å². The molecule has 2 N–H and O–H groups in total. The second-order valence-electron chi connectivity index (χ2n) is 6.62. The molecule has 3 aromatic rings. The largest absolute Gasteiger partial charge is 0.325 e. The Hall–Kier alpha value is -2.14. The summed E-state index contributed by atoms with van der Waals surface area (Å²) < 4.78 is 0. The number of fused-ring (bicyclic) bond motifs is 1. The number of carbonyl (C=O) groups is 1. The number of nitrogens with zero attached hydrogens (tertiary/aromatic N) is 1. The molecule has 27 heavy (non-hydrogen) atoms. The maximum atomic E-state index is 13.0. The minimum absolute atomic E-state index is 0. The van der Waals surface area contributed by atoms with Crippen molar-refractivity contribution in [2.45, 2.75) is 12.8 Å². The van der Waals surface area contributed by atoms with E-state index in [-0.39, 0.29) is 42.6 Å². The highest BCUT2D eigenvalue weighted by atomic mass is 35.5. The van der Waals surface area contributed by atoms with Gasteiger partial charge in [-0.15, -0.1) is 24.8 Å². The Morgan fingerprint density at radius 3 is 2.63 bits per heavy atom. The molecule has 0 unspecified atom stereocenters. The monoisotopic (exact) mass is 403 g/mol. The highest BCUT2D eigenvalue weighted by Crippen LogP contribution is 2.30. The number of hydrogen-bond acceptors (Lipinski definition) is 3. The van der Waals surface area contributed by atoms with Crippen LogP contribution in [0.3, 0.4) is 0 Å². The summed E-state index contributed by atoms with van der Waals surface area (Å²) in [5, 5.41) is 8.58. The minimum Gasteiger partial charge on any atom is -0.325 e. The Bertz CT molecular complexity index is 918. The molecule has 6 heteroatoms. The van der Waals surface area contributed by atoms with Crippen LogP contribution >= 0.6 is 24.8 Å². The number of rotatable bonds is 3. The standard InChI is InChI=1S/C21H21N3O.2ClH/c1-14-10-17-16(11-23-14)8-5-9-20(17)24-21(25)19-13-22-12-18(19)15-6-3-2-4-7-15;;/h2-11,18-19,22H,12-13H2,1H3,(H,24,25);2*1H/t18-,19+;;/m1../s1. The highest BCUT2D eigenvalue weighted by Gasteiger charge is 2.34. The number of pyridine rings is 1. The first-order valence-corrected chi connectivity index (χ1v) is 8.64. The summed E-state index contributed by atoms with van der Waals surface area (Å²) in [6, 6.07) is 18.2. The zero-order valence-electron chi connectivity index (χ0n) is 15.0. The van der Waals surface area contributed by atoms with E-state index in [1.165, 1.54) is 5.56 Å². The molecule has 1 aliphatic heterocycles. The van der Waals surface area contributed by atoms with Crippen molar-refractivity contribution in [3.63, 3.8) is 0 Å². The van der Waals surface area contributed by atoms with Crippen LogP contribution in [0.1, 0.15) is 17.2 Å². The Balaban J connectivity index is 0.00000131. The van der Waals surface area contributed by atoms with Gasteiger partial charge in [-0.25, -0.2) is 0 Å². The number of anilines is 1. The average molecular weight is 404 g/mol. The van der Waals surface area contributed by atoms with Crippen molar-refractivity contribution < 1.29 is 4.79 Å². The van der Waals surface area contributed by atoms with Crippen LogP contribution < -0.4 is 10.6 Å². The van der Waals surface area contributed by atoms with Crippen molar-refractivity contribution in [2.75, 3.05) is 18.4 Å². The van der Waals surface area contributed by atoms with Crippen LogP contribution in [-0.4, -0.2) is 24.0 Å². The van der Waals surface area contributed by atoms with Crippen LogP contribution in [0.15, 0.2) is 60.8 Å². The van der Waals surface area contributed by atoms with E-state index in [0.29, 0.717) is 6.54 Å². The summed E-state index contributed by atoms with van der Waals surface area (Å²) in [6.07, 6.45) is 1.85. The number of aryl methyl sites for hydroxylation is 1. The third-order valence-electron chi connectivity index (χ3n) is 4.94. The van der Waals surface area contributed by atoms with Crippen LogP contribution in [-0.2, 0) is 4.79 Å². The fourth-order valence-electron chi connectivity index (χ4n) is 3.61. The third-order valence-corrected chi connectivity index (χ3v) is 4.94. The summed E-state index contributed by atoms with van der Waals surface area (Å²) >= 11 is 0. The van der Waals surface area contributed by atoms with Gasteiger partial charge in [0, 0.05) is 47.4 Å². The van der Waals surface area contributed by atoms with E-state index >= 15 is 0 Å². The van der Waals surface area contributed by atoms with Crippen LogP contribution in [0, 0.1) is 12.8 Å². The Kier molecular flexibility index (Phi) is 7.19. The number of halogens is 2. The summed E-state index contributed by atoms with van der Waals surface area (Å²) in [5.74, 6) is 0.209. The molecule has 4 rings (SSSR count). The van der Waals surface area contributed by atoms with E-state index in [9.17, 15) is 4.79 Å². The van der Waals surface area contributed by atoms with Crippen LogP contribution in [0.4, 0.5) is 5.69 Å². The van der Waals surface area contributed by atoms with E-state index in [4.69, 9.17) is 0 Å². The maximum absolute atomic E-state index is 13.0. The second kappa shape index (κ2) is 9.18. The van der Waals surface area contributed by atoms with Crippen molar-refractivity contribution in [1.82, 2.24) is 10.3 Å². The SMILES string of the molecule is Cc1cc2c(NC(=O)[C@H]3CNC[C@@H]3c3ccccc3)cccc2cn1.Cl.Cl. The summed E-state index contributed by atoms with van der Waals surface area (Å²) in [5.41, 5.74) is 3.01. The molecule has 4 nitrogen and oxygen atoms in total. The number of amides is 1. The van der Waals surface area contributed by atoms with Crippen LogP contribution in [0.2, 0.25) is 0 Å². The Morgan fingerprint density at radius 1 is 1.07 bits per heavy atom. The first-order chi connectivity index (χ1) is 12.2. The first kappa shape index (κ1) is 21.2. The number of benzene rings is 2. The highest BCUT2D eigenvalue weighted by molar-refractivity contribution is 6.03. The smallest absolute Gasteiger partial charge is 0.229 e. The molecule has 2 aromatic carbocycles. The molecule has 0 saturated carbocycles. The van der Waals surface area contributed by atoms with Gasteiger partial charge in [-0.2, -0.15) is 0 Å². The number of carbonyl (C=O) groups excluding carboxylic acids is 1. The molecule has 0 bridgehead atoms. The maximum Gasteiger partial charge on any atom is 0.229 e. The van der Waals surface area contributed by atoms with Gasteiger partial charge in [0.1, 0.15) is 0 Å². The number of aromatic nitrogens is 1. The van der Waals surface area contributed by atoms with Gasteiger partial charge in [-0.1, -0.05) is 42.5 Å². The van der Waals surface area contributed by atoms with Crippen molar-refractivity contribution in [3.05, 3.63) is 72.1 Å². The molecular weight excluding hydrogens is 381 g/mol. The van der Waals surface area contributed by atoms with E-state index < -0.39 is 0 Å². The molecule has 2 atom stereocenters. The molecule has 1 saturated heterocycles. The van der Waals surface area contributed by atoms with Crippen molar-refractivity contribution in [2.24, 2.45) is 5.92 Å². The second-order valence-corrected chi connectivity index (χ2v) is 6.62. The van der Waals surface area contributed by atoms with Gasteiger partial charge in [0.25, 0.3) is 0 Å². The molecule has 1 aliphatic rings. The molecule has 0 spiro atoms. The summed E-state index contributed by atoms with van der Waals surface area (Å²) in [4.78, 5) is 17.3. The fraction of sp³-hybridized carbons (Fsp3) is 0.238. The lowest BCUT2D eigenvalue weighted by Crippen LogP contribution is -2.28. The van der Waals surface area contributed by atoms with E-state index in [1.54, 1.807) is 0 Å². The molecule has 0 aliphatic carbocycles. The molecular formula is C21H23Cl2N3O. The molecule has 2 heterocycles. The molecule has 1 aromatic heterocycles. The Labute approximate surface area is 171 Å². The molecule has 1 fully saturated rings. The quantitative estimate of drug-likeness (QED) is 0.683. The van der Waals surface area contributed by atoms with Crippen molar-refractivity contribution >= 4 is 47.2 Å². The van der Waals surface area contributed by atoms with Crippen molar-refractivity contribution in [1.29, 1.82) is 0 Å². The minimum atomic E-state index is -0.0689. The average Bonchev–Trinajstić information content (AvgIpc) is 3.13. The van der Waals surface area contributed by atoms with Gasteiger partial charge in [-0.05, 0) is 24.6 Å². The molecule has 0 radical (unpaired) electrons. The third kappa shape index (κ3) is 4.41. The predicted molar refractivity (Wildman–Crippen MR) is 115 cm³/mol. The lowest BCUT2D eigenvalue weighted by molar-refractivity contribution is -0.119. The van der Waals surface area contributed by atoms with Gasteiger partial charge in [0.2, 0.25) is 5.91 Å². The molecule has 1 amide bonds. The first-order valence-electron chi connectivity index (χ1n) is 8.64. The van der Waals surface area contributed by atoms with E-state index in [2.05, 4.69) is 27.8 Å². The van der Waals surface area contributed by atoms with Gasteiger partial charge in [0.05, 0.1) is 5.92 Å². The molecule has 142 valence electrons. The zero-order valence-corrected chi connectivity index (χ0v) is 16.6. The fourth-order valence-corrected chi connectivity index (χ4v) is 3.61. The Morgan fingerprint density at radius 2 is 1.85 bits per heavy atom. The zero-order chi connectivity index (χ0) is 17.2. The lowest BCUT2D eigenvalue weighted by Gasteiger charge is -2.19. The number of nitrogens with one attached hydrogen (secondary N) is 2. The topological polar surface area (TPSA) is 54.0 Å². The van der Waals surface area contributed by atoms with E-state index in [1.807, 2.05) is 55.6 Å².